The van der Waals surface area contributed by atoms with Crippen molar-refractivity contribution in [2.75, 3.05) is 43.4 Å². The zero-order valence-corrected chi connectivity index (χ0v) is 10.4. The zero-order chi connectivity index (χ0) is 13.0. The molecule has 0 atom stereocenters. The number of nitrogens with zero attached hydrogens (tertiary/aromatic N) is 4. The summed E-state index contributed by atoms with van der Waals surface area (Å²) < 4.78 is 4.96. The highest BCUT2D eigenvalue weighted by molar-refractivity contribution is 5.68. The Labute approximate surface area is 106 Å². The van der Waals surface area contributed by atoms with Crippen molar-refractivity contribution < 1.29 is 9.53 Å². The molecule has 0 saturated carbocycles. The molecule has 1 aliphatic rings. The molecule has 2 heterocycles. The van der Waals surface area contributed by atoms with Crippen molar-refractivity contribution >= 4 is 17.6 Å². The van der Waals surface area contributed by atoms with Gasteiger partial charge in [-0.25, -0.2) is 14.8 Å². The molecule has 7 heteroatoms. The van der Waals surface area contributed by atoms with Gasteiger partial charge in [0.05, 0.1) is 18.5 Å². The first-order valence-electron chi connectivity index (χ1n) is 5.94. The number of ether oxygens (including phenoxy) is 1. The molecule has 1 saturated heterocycles. The average molecular weight is 251 g/mol. The summed E-state index contributed by atoms with van der Waals surface area (Å²) in [5.74, 6) is 0.730. The number of hydrogen-bond acceptors (Lipinski definition) is 6. The average Bonchev–Trinajstić information content (AvgIpc) is 2.40. The van der Waals surface area contributed by atoms with Gasteiger partial charge < -0.3 is 20.3 Å². The number of aromatic nitrogens is 2. The van der Waals surface area contributed by atoms with E-state index in [1.807, 2.05) is 4.90 Å². The van der Waals surface area contributed by atoms with Gasteiger partial charge in [0, 0.05) is 26.2 Å². The summed E-state index contributed by atoms with van der Waals surface area (Å²) in [6, 6.07) is 0. The van der Waals surface area contributed by atoms with E-state index in [4.69, 9.17) is 10.5 Å². The van der Waals surface area contributed by atoms with Gasteiger partial charge in [0.25, 0.3) is 0 Å². The molecule has 1 aromatic heterocycles. The SMILES string of the molecule is CCOC(=O)N1CCN(c2ncncc2N)CC1. The van der Waals surface area contributed by atoms with Gasteiger partial charge in [-0.05, 0) is 6.92 Å². The van der Waals surface area contributed by atoms with E-state index in [2.05, 4.69) is 9.97 Å². The molecule has 98 valence electrons. The molecular weight excluding hydrogens is 234 g/mol. The topological polar surface area (TPSA) is 84.6 Å². The highest BCUT2D eigenvalue weighted by atomic mass is 16.6. The summed E-state index contributed by atoms with van der Waals surface area (Å²) in [6.07, 6.45) is 2.80. The van der Waals surface area contributed by atoms with Crippen LogP contribution < -0.4 is 10.6 Å². The van der Waals surface area contributed by atoms with Crippen LogP contribution in [-0.4, -0.2) is 53.7 Å². The first-order valence-corrected chi connectivity index (χ1v) is 5.94. The van der Waals surface area contributed by atoms with Crippen LogP contribution in [0.4, 0.5) is 16.3 Å². The van der Waals surface area contributed by atoms with Crippen LogP contribution in [0, 0.1) is 0 Å². The van der Waals surface area contributed by atoms with E-state index in [0.29, 0.717) is 38.5 Å². The molecule has 1 amide bonds. The lowest BCUT2D eigenvalue weighted by Crippen LogP contribution is -2.49. The first-order chi connectivity index (χ1) is 8.72. The summed E-state index contributed by atoms with van der Waals surface area (Å²) in [7, 11) is 0. The highest BCUT2D eigenvalue weighted by Crippen LogP contribution is 2.19. The fourth-order valence-corrected chi connectivity index (χ4v) is 1.91. The number of nitrogen functional groups attached to an aromatic ring is 1. The summed E-state index contributed by atoms with van der Waals surface area (Å²) in [5, 5.41) is 0. The van der Waals surface area contributed by atoms with E-state index < -0.39 is 0 Å². The normalized spacial score (nSPS) is 15.6. The number of amides is 1. The number of anilines is 2. The van der Waals surface area contributed by atoms with Gasteiger partial charge in [-0.15, -0.1) is 0 Å². The second-order valence-corrected chi connectivity index (χ2v) is 3.97. The maximum atomic E-state index is 11.5. The van der Waals surface area contributed by atoms with Crippen molar-refractivity contribution in [1.29, 1.82) is 0 Å². The predicted octanol–water partition coefficient (Wildman–Crippen LogP) is 0.337. The van der Waals surface area contributed by atoms with Gasteiger partial charge in [-0.3, -0.25) is 0 Å². The van der Waals surface area contributed by atoms with Crippen LogP contribution in [0.3, 0.4) is 0 Å². The summed E-state index contributed by atoms with van der Waals surface area (Å²) in [6.45, 7) is 4.82. The lowest BCUT2D eigenvalue weighted by atomic mass is 10.3. The van der Waals surface area contributed by atoms with Crippen molar-refractivity contribution in [3.8, 4) is 0 Å². The van der Waals surface area contributed by atoms with Gasteiger partial charge in [-0.1, -0.05) is 0 Å². The third-order valence-electron chi connectivity index (χ3n) is 2.82. The molecule has 0 unspecified atom stereocenters. The number of hydrogen-bond donors (Lipinski definition) is 1. The summed E-state index contributed by atoms with van der Waals surface area (Å²) in [4.78, 5) is 23.3. The Kier molecular flexibility index (Phi) is 3.81. The molecule has 1 aromatic rings. The number of carbonyl (C=O) groups excluding carboxylic acids is 1. The number of rotatable bonds is 2. The van der Waals surface area contributed by atoms with Gasteiger partial charge >= 0.3 is 6.09 Å². The minimum Gasteiger partial charge on any atom is -0.450 e. The molecule has 7 nitrogen and oxygen atoms in total. The van der Waals surface area contributed by atoms with E-state index in [0.717, 1.165) is 5.82 Å². The van der Waals surface area contributed by atoms with Crippen LogP contribution >= 0.6 is 0 Å². The van der Waals surface area contributed by atoms with E-state index in [1.165, 1.54) is 6.33 Å². The maximum Gasteiger partial charge on any atom is 0.409 e. The van der Waals surface area contributed by atoms with Crippen molar-refractivity contribution in [3.05, 3.63) is 12.5 Å². The van der Waals surface area contributed by atoms with Gasteiger partial charge in [0.2, 0.25) is 0 Å². The number of piperazine rings is 1. The number of nitrogens with two attached hydrogens (primary N) is 1. The van der Waals surface area contributed by atoms with Gasteiger partial charge in [-0.2, -0.15) is 0 Å². The fourth-order valence-electron chi connectivity index (χ4n) is 1.91. The van der Waals surface area contributed by atoms with E-state index in [9.17, 15) is 4.79 Å². The van der Waals surface area contributed by atoms with Crippen molar-refractivity contribution in [3.63, 3.8) is 0 Å². The van der Waals surface area contributed by atoms with E-state index in [1.54, 1.807) is 18.0 Å². The molecular formula is C11H17N5O2. The van der Waals surface area contributed by atoms with Crippen molar-refractivity contribution in [2.24, 2.45) is 0 Å². The van der Waals surface area contributed by atoms with Crippen LogP contribution in [0.2, 0.25) is 0 Å². The third kappa shape index (κ3) is 2.61. The smallest absolute Gasteiger partial charge is 0.409 e. The van der Waals surface area contributed by atoms with Crippen LogP contribution in [0.5, 0.6) is 0 Å². The van der Waals surface area contributed by atoms with Crippen molar-refractivity contribution in [2.45, 2.75) is 6.92 Å². The third-order valence-corrected chi connectivity index (χ3v) is 2.82. The Morgan fingerprint density at radius 2 is 2.17 bits per heavy atom. The summed E-state index contributed by atoms with van der Waals surface area (Å²) >= 11 is 0. The molecule has 2 rings (SSSR count). The Morgan fingerprint density at radius 3 is 2.78 bits per heavy atom. The second kappa shape index (κ2) is 5.52. The highest BCUT2D eigenvalue weighted by Gasteiger charge is 2.23. The number of carbonyl (C=O) groups is 1. The lowest BCUT2D eigenvalue weighted by molar-refractivity contribution is 0.105. The monoisotopic (exact) mass is 251 g/mol. The zero-order valence-electron chi connectivity index (χ0n) is 10.4. The second-order valence-electron chi connectivity index (χ2n) is 3.97. The van der Waals surface area contributed by atoms with Crippen LogP contribution in [0.25, 0.3) is 0 Å². The van der Waals surface area contributed by atoms with Gasteiger partial charge in [0.15, 0.2) is 5.82 Å². The Hall–Kier alpha value is -2.05. The van der Waals surface area contributed by atoms with Crippen LogP contribution in [-0.2, 0) is 4.74 Å². The molecule has 0 spiro atoms. The van der Waals surface area contributed by atoms with Crippen molar-refractivity contribution in [1.82, 2.24) is 14.9 Å². The quantitative estimate of drug-likeness (QED) is 0.815. The molecule has 18 heavy (non-hydrogen) atoms. The largest absolute Gasteiger partial charge is 0.450 e. The summed E-state index contributed by atoms with van der Waals surface area (Å²) in [5.41, 5.74) is 6.38. The van der Waals surface area contributed by atoms with E-state index >= 15 is 0 Å². The molecule has 0 radical (unpaired) electrons. The minimum atomic E-state index is -0.257. The first kappa shape index (κ1) is 12.4. The maximum absolute atomic E-state index is 11.5. The van der Waals surface area contributed by atoms with Crippen LogP contribution in [0.1, 0.15) is 6.92 Å². The van der Waals surface area contributed by atoms with Gasteiger partial charge in [0.1, 0.15) is 6.33 Å². The molecule has 2 N–H and O–H groups in total. The molecule has 1 aliphatic heterocycles. The minimum absolute atomic E-state index is 0.257. The fraction of sp³-hybridized carbons (Fsp3) is 0.545. The molecule has 0 bridgehead atoms. The predicted molar refractivity (Wildman–Crippen MR) is 67.3 cm³/mol. The Morgan fingerprint density at radius 1 is 1.44 bits per heavy atom. The molecule has 1 fully saturated rings. The Balaban J connectivity index is 1.95. The standard InChI is InChI=1S/C11H17N5O2/c1-2-18-11(17)16-5-3-15(4-6-16)10-9(12)7-13-8-14-10/h7-8H,2-6,12H2,1H3. The van der Waals surface area contributed by atoms with E-state index in [-0.39, 0.29) is 6.09 Å². The molecule has 0 aliphatic carbocycles. The lowest BCUT2D eigenvalue weighted by Gasteiger charge is -2.34. The Bertz CT molecular complexity index is 418. The van der Waals surface area contributed by atoms with Crippen LogP contribution in [0.15, 0.2) is 12.5 Å². The molecule has 0 aromatic carbocycles.